The van der Waals surface area contributed by atoms with Crippen LogP contribution in [0.2, 0.25) is 0 Å². The average molecular weight is 547 g/mol. The summed E-state index contributed by atoms with van der Waals surface area (Å²) >= 11 is 0. The molecule has 9 nitrogen and oxygen atoms in total. The monoisotopic (exact) mass is 546 g/mol. The minimum atomic E-state index is -1.64. The summed E-state index contributed by atoms with van der Waals surface area (Å²) < 4.78 is 17.1. The molecule has 1 aliphatic carbocycles. The first-order valence-corrected chi connectivity index (χ1v) is 13.4. The number of amides is 3. The number of hydrogen-bond donors (Lipinski definition) is 0. The van der Waals surface area contributed by atoms with Crippen LogP contribution in [0.3, 0.4) is 0 Å². The Morgan fingerprint density at radius 1 is 0.825 bits per heavy atom. The number of carbonyl (C=O) groups is 4. The molecular weight excluding hydrogens is 512 g/mol. The van der Waals surface area contributed by atoms with Crippen LogP contribution in [-0.4, -0.2) is 52.8 Å². The first-order valence-electron chi connectivity index (χ1n) is 13.4. The van der Waals surface area contributed by atoms with Gasteiger partial charge in [0, 0.05) is 12.5 Å². The molecule has 0 unspecified atom stereocenters. The van der Waals surface area contributed by atoms with E-state index in [2.05, 4.69) is 0 Å². The van der Waals surface area contributed by atoms with Crippen LogP contribution in [0.15, 0.2) is 66.7 Å². The zero-order chi connectivity index (χ0) is 29.0. The molecule has 40 heavy (non-hydrogen) atoms. The number of fused-ring (bicyclic) bond motifs is 2. The highest BCUT2D eigenvalue weighted by molar-refractivity contribution is 6.23. The SMILES string of the molecule is CC(C)(C)OC(=O)[C@@H]1[C@H]2C=C[C@H](N(C(=O)Oc3ccccc3)C2)[C@@]12C(=O)N(C(=O)OC(C)(C)C)c1ccccc12. The molecule has 0 saturated carbocycles. The third-order valence-electron chi connectivity index (χ3n) is 7.24. The first-order chi connectivity index (χ1) is 18.7. The summed E-state index contributed by atoms with van der Waals surface area (Å²) in [6.45, 7) is 10.6. The maximum Gasteiger partial charge on any atom is 0.421 e. The van der Waals surface area contributed by atoms with Gasteiger partial charge in [-0.25, -0.2) is 14.5 Å². The number of esters is 1. The standard InChI is InChI=1S/C31H34N2O7/c1-29(2,3)39-25(34)24-19-16-17-23(32(18-19)27(36)38-20-12-8-7-9-13-20)31(24)21-14-10-11-15-22(21)33(26(31)35)28(37)40-30(4,5)6/h7-17,19,23-24H,18H2,1-6H3/t19-,23-,24-,31+/m0/s1. The normalized spacial score (nSPS) is 25.1. The van der Waals surface area contributed by atoms with E-state index in [-0.39, 0.29) is 6.54 Å². The summed E-state index contributed by atoms with van der Waals surface area (Å²) in [6, 6.07) is 14.5. The molecule has 3 amide bonds. The molecule has 0 aromatic heterocycles. The van der Waals surface area contributed by atoms with Gasteiger partial charge in [0.1, 0.15) is 22.4 Å². The molecule has 4 aliphatic rings. The van der Waals surface area contributed by atoms with E-state index in [0.717, 1.165) is 4.90 Å². The van der Waals surface area contributed by atoms with E-state index < -0.39 is 58.6 Å². The zero-order valence-corrected chi connectivity index (χ0v) is 23.5. The second-order valence-electron chi connectivity index (χ2n) is 12.3. The minimum Gasteiger partial charge on any atom is -0.460 e. The Morgan fingerprint density at radius 3 is 2.10 bits per heavy atom. The van der Waals surface area contributed by atoms with E-state index in [1.165, 1.54) is 4.90 Å². The summed E-state index contributed by atoms with van der Waals surface area (Å²) in [5.41, 5.74) is -2.56. The molecule has 0 N–H and O–H groups in total. The Morgan fingerprint density at radius 2 is 1.45 bits per heavy atom. The second kappa shape index (κ2) is 9.50. The van der Waals surface area contributed by atoms with Gasteiger partial charge in [-0.1, -0.05) is 48.6 Å². The van der Waals surface area contributed by atoms with Crippen molar-refractivity contribution in [3.8, 4) is 5.75 Å². The van der Waals surface area contributed by atoms with Gasteiger partial charge in [-0.05, 0) is 65.3 Å². The molecule has 210 valence electrons. The smallest absolute Gasteiger partial charge is 0.421 e. The Hall–Kier alpha value is -4.14. The lowest BCUT2D eigenvalue weighted by Gasteiger charge is -2.54. The number of imide groups is 1. The molecule has 2 bridgehead atoms. The van der Waals surface area contributed by atoms with Gasteiger partial charge in [-0.3, -0.25) is 14.5 Å². The van der Waals surface area contributed by atoms with E-state index in [4.69, 9.17) is 14.2 Å². The van der Waals surface area contributed by atoms with Crippen molar-refractivity contribution in [1.82, 2.24) is 4.90 Å². The van der Waals surface area contributed by atoms with Crippen molar-refractivity contribution in [2.24, 2.45) is 11.8 Å². The minimum absolute atomic E-state index is 0.139. The van der Waals surface area contributed by atoms with Crippen LogP contribution in [0, 0.1) is 11.8 Å². The summed E-state index contributed by atoms with van der Waals surface area (Å²) in [5, 5.41) is 0. The number of hydrogen-bond acceptors (Lipinski definition) is 7. The van der Waals surface area contributed by atoms with Crippen molar-refractivity contribution in [3.63, 3.8) is 0 Å². The van der Waals surface area contributed by atoms with E-state index in [1.54, 1.807) is 96.1 Å². The molecular formula is C31H34N2O7. The quantitative estimate of drug-likeness (QED) is 0.375. The van der Waals surface area contributed by atoms with E-state index in [9.17, 15) is 19.2 Å². The predicted molar refractivity (Wildman–Crippen MR) is 147 cm³/mol. The van der Waals surface area contributed by atoms with E-state index >= 15 is 0 Å². The van der Waals surface area contributed by atoms with Crippen LogP contribution >= 0.6 is 0 Å². The molecule has 2 aromatic rings. The second-order valence-corrected chi connectivity index (χ2v) is 12.3. The summed E-state index contributed by atoms with van der Waals surface area (Å²) in [7, 11) is 0. The molecule has 2 aromatic carbocycles. The number of piperidine rings is 1. The first kappa shape index (κ1) is 27.4. The van der Waals surface area contributed by atoms with Gasteiger partial charge >= 0.3 is 18.2 Å². The summed E-state index contributed by atoms with van der Waals surface area (Å²) in [6.07, 6.45) is 2.10. The Bertz CT molecular complexity index is 1390. The maximum atomic E-state index is 14.7. The molecule has 3 aliphatic heterocycles. The van der Waals surface area contributed by atoms with Crippen molar-refractivity contribution >= 4 is 29.8 Å². The fourth-order valence-electron chi connectivity index (χ4n) is 5.95. The Balaban J connectivity index is 1.66. The van der Waals surface area contributed by atoms with Gasteiger partial charge in [-0.2, -0.15) is 0 Å². The fraction of sp³-hybridized carbons (Fsp3) is 0.419. The lowest BCUT2D eigenvalue weighted by Crippen LogP contribution is -2.70. The van der Waals surface area contributed by atoms with Crippen LogP contribution in [0.5, 0.6) is 5.75 Å². The van der Waals surface area contributed by atoms with Crippen LogP contribution in [-0.2, 0) is 24.5 Å². The fourth-order valence-corrected chi connectivity index (χ4v) is 5.95. The van der Waals surface area contributed by atoms with Gasteiger partial charge in [0.05, 0.1) is 17.6 Å². The highest BCUT2D eigenvalue weighted by atomic mass is 16.6. The number of benzene rings is 2. The highest BCUT2D eigenvalue weighted by Gasteiger charge is 2.70. The molecule has 3 heterocycles. The molecule has 1 saturated heterocycles. The molecule has 1 spiro atoms. The van der Waals surface area contributed by atoms with Gasteiger partial charge < -0.3 is 14.2 Å². The van der Waals surface area contributed by atoms with Crippen molar-refractivity contribution in [2.45, 2.75) is 64.2 Å². The third kappa shape index (κ3) is 4.53. The van der Waals surface area contributed by atoms with Crippen LogP contribution in [0.25, 0.3) is 0 Å². The molecule has 9 heteroatoms. The molecule has 0 radical (unpaired) electrons. The largest absolute Gasteiger partial charge is 0.460 e. The van der Waals surface area contributed by atoms with Crippen molar-refractivity contribution in [2.75, 3.05) is 11.4 Å². The van der Waals surface area contributed by atoms with E-state index in [1.807, 2.05) is 12.1 Å². The Kier molecular flexibility index (Phi) is 6.51. The Labute approximate surface area is 233 Å². The predicted octanol–water partition coefficient (Wildman–Crippen LogP) is 5.23. The lowest BCUT2D eigenvalue weighted by atomic mass is 9.56. The number of anilines is 1. The van der Waals surface area contributed by atoms with Crippen LogP contribution in [0.4, 0.5) is 15.3 Å². The summed E-state index contributed by atoms with van der Waals surface area (Å²) in [5.74, 6) is -2.43. The van der Waals surface area contributed by atoms with Crippen molar-refractivity contribution in [3.05, 3.63) is 72.3 Å². The molecule has 6 rings (SSSR count). The maximum absolute atomic E-state index is 14.7. The molecule has 1 fully saturated rings. The zero-order valence-electron chi connectivity index (χ0n) is 23.5. The summed E-state index contributed by atoms with van der Waals surface area (Å²) in [4.78, 5) is 58.1. The third-order valence-corrected chi connectivity index (χ3v) is 7.24. The number of para-hydroxylation sites is 2. The van der Waals surface area contributed by atoms with Crippen molar-refractivity contribution < 1.29 is 33.4 Å². The number of ether oxygens (including phenoxy) is 3. The van der Waals surface area contributed by atoms with E-state index in [0.29, 0.717) is 17.0 Å². The van der Waals surface area contributed by atoms with Gasteiger partial charge in [0.2, 0.25) is 0 Å². The molecule has 4 atom stereocenters. The van der Waals surface area contributed by atoms with Crippen LogP contribution in [0.1, 0.15) is 47.1 Å². The number of nitrogens with zero attached hydrogens (tertiary/aromatic N) is 2. The topological polar surface area (TPSA) is 102 Å². The van der Waals surface area contributed by atoms with Gasteiger partial charge in [0.25, 0.3) is 5.91 Å². The van der Waals surface area contributed by atoms with Gasteiger partial charge in [-0.15, -0.1) is 0 Å². The highest BCUT2D eigenvalue weighted by Crippen LogP contribution is 2.57. The van der Waals surface area contributed by atoms with Gasteiger partial charge in [0.15, 0.2) is 0 Å². The number of carbonyl (C=O) groups excluding carboxylic acids is 4. The average Bonchev–Trinajstić information content (AvgIpc) is 3.11. The van der Waals surface area contributed by atoms with Crippen LogP contribution < -0.4 is 9.64 Å². The van der Waals surface area contributed by atoms with Crippen molar-refractivity contribution in [1.29, 1.82) is 0 Å². The lowest BCUT2D eigenvalue weighted by molar-refractivity contribution is -0.171. The number of rotatable bonds is 2.